The molecule has 0 radical (unpaired) electrons. The van der Waals surface area contributed by atoms with Gasteiger partial charge in [0.05, 0.1) is 0 Å². The number of piperidine rings is 2. The number of hydrogen-bond acceptors (Lipinski definition) is 2. The van der Waals surface area contributed by atoms with Crippen molar-refractivity contribution in [3.63, 3.8) is 0 Å². The first kappa shape index (κ1) is 17.5. The van der Waals surface area contributed by atoms with Crippen molar-refractivity contribution in [1.82, 2.24) is 6.92 Å². The molecule has 0 aromatic carbocycles. The van der Waals surface area contributed by atoms with Gasteiger partial charge in [-0.05, 0) is 0 Å². The minimum atomic E-state index is -3.61. The molecule has 0 saturated carbocycles. The van der Waals surface area contributed by atoms with Gasteiger partial charge in [-0.3, -0.25) is 0 Å². The molecule has 2 nitrogen and oxygen atoms in total. The zero-order chi connectivity index (χ0) is 14.8. The van der Waals surface area contributed by atoms with E-state index in [4.69, 9.17) is 18.8 Å². The van der Waals surface area contributed by atoms with Gasteiger partial charge >= 0.3 is 135 Å². The minimum absolute atomic E-state index is 0.831. The molecule has 0 aromatic rings. The van der Waals surface area contributed by atoms with E-state index in [0.717, 1.165) is 49.2 Å². The fraction of sp³-hybridized carbons (Fsp3) is 1.00. The van der Waals surface area contributed by atoms with Crippen LogP contribution in [-0.4, -0.2) is 33.1 Å². The van der Waals surface area contributed by atoms with Gasteiger partial charge in [0.2, 0.25) is 0 Å². The van der Waals surface area contributed by atoms with Crippen LogP contribution in [0.1, 0.15) is 52.9 Å². The van der Waals surface area contributed by atoms with E-state index < -0.39 is 13.2 Å². The molecule has 0 aliphatic carbocycles. The quantitative estimate of drug-likeness (QED) is 0.525. The Morgan fingerprint density at radius 3 is 1.50 bits per heavy atom. The molecule has 2 aliphatic heterocycles. The summed E-state index contributed by atoms with van der Waals surface area (Å²) in [5, 5.41) is 0. The van der Waals surface area contributed by atoms with Crippen molar-refractivity contribution in [2.75, 3.05) is 26.2 Å². The van der Waals surface area contributed by atoms with Gasteiger partial charge in [0, 0.05) is 0 Å². The molecule has 2 saturated heterocycles. The topological polar surface area (TPSA) is 6.48 Å². The Morgan fingerprint density at radius 2 is 1.20 bits per heavy atom. The van der Waals surface area contributed by atoms with Gasteiger partial charge in [0.25, 0.3) is 0 Å². The van der Waals surface area contributed by atoms with Crippen LogP contribution in [-0.2, 0) is 13.2 Å². The summed E-state index contributed by atoms with van der Waals surface area (Å²) < 4.78 is 5.07. The second kappa shape index (κ2) is 6.75. The molecule has 5 heteroatoms. The summed E-state index contributed by atoms with van der Waals surface area (Å²) in [5.74, 6) is 1.66. The van der Waals surface area contributed by atoms with E-state index in [2.05, 4.69) is 27.7 Å². The van der Waals surface area contributed by atoms with Gasteiger partial charge in [0.1, 0.15) is 0 Å². The van der Waals surface area contributed by atoms with Crippen LogP contribution in [0.25, 0.3) is 0 Å². The molecule has 0 atom stereocenters. The fourth-order valence-corrected chi connectivity index (χ4v) is 17.8. The standard InChI is InChI=1S/2C6H12N.C3H7.2ClH.Pt/c2*1-6-2-4-7-5-3-6;1-3-2;;;/h2*6H,2-5H2,1H3;1,3H2,2H3;2*1H;/q2*-1;;;;+4/p-2. The molecule has 0 spiro atoms. The van der Waals surface area contributed by atoms with E-state index in [1.165, 1.54) is 25.7 Å². The molecule has 2 rings (SSSR count). The third-order valence-electron chi connectivity index (χ3n) is 4.59. The monoisotopic (exact) mass is 504 g/mol. The van der Waals surface area contributed by atoms with Crippen molar-refractivity contribution < 1.29 is 13.2 Å². The van der Waals surface area contributed by atoms with Crippen molar-refractivity contribution in [2.24, 2.45) is 11.8 Å². The summed E-state index contributed by atoms with van der Waals surface area (Å²) in [6.07, 6.45) is 6.12. The van der Waals surface area contributed by atoms with Crippen molar-refractivity contribution in [2.45, 2.75) is 57.7 Å². The van der Waals surface area contributed by atoms with Gasteiger partial charge in [-0.15, -0.1) is 0 Å². The van der Waals surface area contributed by atoms with Crippen LogP contribution in [0.3, 0.4) is 0 Å². The molecular weight excluding hydrogens is 474 g/mol. The van der Waals surface area contributed by atoms with Gasteiger partial charge in [0.15, 0.2) is 0 Å². The molecule has 0 bridgehead atoms. The molecular formula is C15H31Cl2N2Pt. The molecule has 0 amide bonds. The molecule has 0 N–H and O–H groups in total. The number of rotatable bonds is 4. The Bertz CT molecular complexity index is 296. The van der Waals surface area contributed by atoms with Crippen LogP contribution < -0.4 is 0 Å². The summed E-state index contributed by atoms with van der Waals surface area (Å²) in [6, 6.07) is 0. The Kier molecular flexibility index (Phi) is 5.92. The molecule has 125 valence electrons. The molecule has 0 aromatic heterocycles. The molecule has 2 aliphatic rings. The zero-order valence-corrected chi connectivity index (χ0v) is 17.0. The van der Waals surface area contributed by atoms with Gasteiger partial charge in [-0.1, -0.05) is 0 Å². The SMILES string of the molecule is CC[CH2][Pt]([Cl])([Cl])([N]1CCC(C)CC1)[N]1CCC(C)CC1. The van der Waals surface area contributed by atoms with Crippen LogP contribution in [0.15, 0.2) is 0 Å². The third kappa shape index (κ3) is 3.57. The van der Waals surface area contributed by atoms with Crippen molar-refractivity contribution in [3.8, 4) is 0 Å². The van der Waals surface area contributed by atoms with E-state index in [1.54, 1.807) is 0 Å². The van der Waals surface area contributed by atoms with E-state index in [9.17, 15) is 0 Å². The van der Waals surface area contributed by atoms with Crippen molar-refractivity contribution in [3.05, 3.63) is 0 Å². The average molecular weight is 505 g/mol. The maximum atomic E-state index is 7.35. The molecule has 2 fully saturated rings. The summed E-state index contributed by atoms with van der Waals surface area (Å²) in [6.45, 7) is 11.4. The van der Waals surface area contributed by atoms with Crippen LogP contribution >= 0.6 is 18.8 Å². The van der Waals surface area contributed by atoms with Crippen molar-refractivity contribution >= 4 is 18.8 Å². The number of hydrogen-bond donors (Lipinski definition) is 0. The van der Waals surface area contributed by atoms with Crippen LogP contribution in [0, 0.1) is 11.8 Å². The molecule has 20 heavy (non-hydrogen) atoms. The van der Waals surface area contributed by atoms with Crippen LogP contribution in [0.5, 0.6) is 0 Å². The normalized spacial score (nSPS) is 27.4. The second-order valence-corrected chi connectivity index (χ2v) is 24.7. The number of halogens is 2. The first-order valence-electron chi connectivity index (χ1n) is 8.01. The van der Waals surface area contributed by atoms with Gasteiger partial charge in [-0.25, -0.2) is 0 Å². The van der Waals surface area contributed by atoms with Crippen LogP contribution in [0.4, 0.5) is 0 Å². The molecule has 2 heterocycles. The third-order valence-corrected chi connectivity index (χ3v) is 22.0. The second-order valence-electron chi connectivity index (χ2n) is 6.46. The summed E-state index contributed by atoms with van der Waals surface area (Å²) >= 11 is -3.61. The first-order chi connectivity index (χ1) is 9.35. The summed E-state index contributed by atoms with van der Waals surface area (Å²) in [5.41, 5.74) is 0. The fourth-order valence-electron chi connectivity index (χ4n) is 3.05. The Morgan fingerprint density at radius 1 is 0.850 bits per heavy atom. The van der Waals surface area contributed by atoms with E-state index in [-0.39, 0.29) is 0 Å². The van der Waals surface area contributed by atoms with Crippen LogP contribution in [0.2, 0.25) is 4.81 Å². The van der Waals surface area contributed by atoms with Crippen molar-refractivity contribution in [1.29, 1.82) is 0 Å². The Balaban J connectivity index is 2.17. The Labute approximate surface area is 134 Å². The summed E-state index contributed by atoms with van der Waals surface area (Å²) in [4.78, 5) is 1.01. The predicted molar refractivity (Wildman–Crippen MR) is 86.7 cm³/mol. The van der Waals surface area contributed by atoms with E-state index in [1.807, 2.05) is 0 Å². The van der Waals surface area contributed by atoms with E-state index in [0.29, 0.717) is 0 Å². The average Bonchev–Trinajstić information content (AvgIpc) is 2.40. The van der Waals surface area contributed by atoms with Gasteiger partial charge in [-0.2, -0.15) is 0 Å². The predicted octanol–water partition coefficient (Wildman–Crippen LogP) is 5.11. The summed E-state index contributed by atoms with van der Waals surface area (Å²) in [7, 11) is 14.7. The Hall–Kier alpha value is 1.19. The zero-order valence-electron chi connectivity index (χ0n) is 13.2. The molecule has 0 unspecified atom stereocenters. The number of nitrogens with zero attached hydrogens (tertiary/aromatic N) is 2. The van der Waals surface area contributed by atoms with Gasteiger partial charge < -0.3 is 0 Å². The van der Waals surface area contributed by atoms with E-state index >= 15 is 0 Å². The maximum absolute atomic E-state index is 7.35. The first-order valence-corrected chi connectivity index (χ1v) is 17.3.